The molecule has 0 amide bonds. The number of ether oxygens (including phenoxy) is 2. The van der Waals surface area contributed by atoms with E-state index in [2.05, 4.69) is 141 Å². The monoisotopic (exact) mass is 622 g/mol. The molecule has 0 aliphatic carbocycles. The molecule has 2 atom stereocenters. The van der Waals surface area contributed by atoms with E-state index in [0.717, 1.165) is 31.3 Å². The second-order valence-electron chi connectivity index (χ2n) is 14.2. The Kier molecular flexibility index (Phi) is 14.2. The van der Waals surface area contributed by atoms with E-state index in [-0.39, 0.29) is 28.4 Å². The van der Waals surface area contributed by atoms with E-state index in [4.69, 9.17) is 18.3 Å². The van der Waals surface area contributed by atoms with Crippen LogP contribution in [0.15, 0.2) is 72.8 Å². The molecule has 0 aromatic heterocycles. The van der Waals surface area contributed by atoms with Gasteiger partial charge in [-0.3, -0.25) is 0 Å². The van der Waals surface area contributed by atoms with E-state index in [0.29, 0.717) is 6.61 Å². The summed E-state index contributed by atoms with van der Waals surface area (Å²) in [5, 5.41) is 2.54. The minimum absolute atomic E-state index is 0.129. The first kappa shape index (κ1) is 37.2. The van der Waals surface area contributed by atoms with Gasteiger partial charge in [0.1, 0.15) is 6.10 Å². The average Bonchev–Trinajstić information content (AvgIpc) is 2.94. The van der Waals surface area contributed by atoms with Gasteiger partial charge in [0, 0.05) is 40.1 Å². The van der Waals surface area contributed by atoms with Gasteiger partial charge in [0.15, 0.2) is 14.6 Å². The summed E-state index contributed by atoms with van der Waals surface area (Å²) in [5.74, 6) is 7.38. The van der Waals surface area contributed by atoms with Crippen LogP contribution in [0.5, 0.6) is 0 Å². The molecule has 0 fully saturated rings. The molecule has 238 valence electrons. The van der Waals surface area contributed by atoms with Crippen molar-refractivity contribution in [3.63, 3.8) is 0 Å². The first-order valence-corrected chi connectivity index (χ1v) is 20.5. The zero-order valence-electron chi connectivity index (χ0n) is 28.9. The molecular formula is C37H58O4Si2. The van der Waals surface area contributed by atoms with Crippen molar-refractivity contribution in [3.8, 4) is 11.8 Å². The van der Waals surface area contributed by atoms with Crippen LogP contribution in [-0.2, 0) is 18.3 Å². The van der Waals surface area contributed by atoms with Gasteiger partial charge in [-0.15, -0.1) is 5.92 Å². The maximum absolute atomic E-state index is 7.47. The van der Waals surface area contributed by atoms with E-state index < -0.39 is 16.6 Å². The van der Waals surface area contributed by atoms with Crippen molar-refractivity contribution in [2.24, 2.45) is 5.92 Å². The minimum Gasteiger partial charge on any atom is -0.417 e. The molecule has 0 saturated heterocycles. The lowest BCUT2D eigenvalue weighted by Crippen LogP contribution is -2.67. The third-order valence-electron chi connectivity index (χ3n) is 8.97. The van der Waals surface area contributed by atoms with Crippen LogP contribution in [0, 0.1) is 17.8 Å². The van der Waals surface area contributed by atoms with Crippen LogP contribution in [0.1, 0.15) is 74.1 Å². The zero-order valence-corrected chi connectivity index (χ0v) is 30.9. The standard InChI is InChI=1S/C37H58O4Si2/c1-30(2)31(29-35(38-9)39-10)21-19-20-22-32(27-28-40-42(11,12)36(3,4)5)41-43(37(6,7)8,33-23-15-13-16-24-33)34-25-17-14-18-26-34/h13-18,23-26,31-32,35H,1,19,21,27-29H2,2-12H3/t31-,32?/m0/s1. The van der Waals surface area contributed by atoms with Crippen LogP contribution in [0.4, 0.5) is 0 Å². The number of rotatable bonds is 15. The van der Waals surface area contributed by atoms with Crippen molar-refractivity contribution in [2.75, 3.05) is 20.8 Å². The molecule has 0 radical (unpaired) electrons. The SMILES string of the molecule is C=C(C)[C@@H](CCC#CC(CCO[Si](C)(C)C(C)(C)C)O[Si](c1ccccc1)(c1ccccc1)C(C)(C)C)CC(OC)OC. The van der Waals surface area contributed by atoms with Crippen LogP contribution < -0.4 is 10.4 Å². The number of allylic oxidation sites excluding steroid dienone is 1. The molecule has 1 unspecified atom stereocenters. The zero-order chi connectivity index (χ0) is 32.3. The van der Waals surface area contributed by atoms with E-state index in [9.17, 15) is 0 Å². The quantitative estimate of drug-likeness (QED) is 0.0866. The van der Waals surface area contributed by atoms with Gasteiger partial charge >= 0.3 is 0 Å². The van der Waals surface area contributed by atoms with E-state index in [1.54, 1.807) is 14.2 Å². The van der Waals surface area contributed by atoms with Crippen molar-refractivity contribution < 1.29 is 18.3 Å². The van der Waals surface area contributed by atoms with Gasteiger partial charge in [0.25, 0.3) is 8.32 Å². The van der Waals surface area contributed by atoms with Crippen LogP contribution in [-0.4, -0.2) is 49.9 Å². The molecule has 2 aromatic rings. The van der Waals surface area contributed by atoms with Gasteiger partial charge in [-0.25, -0.2) is 0 Å². The fourth-order valence-electron chi connectivity index (χ4n) is 5.22. The summed E-state index contributed by atoms with van der Waals surface area (Å²) < 4.78 is 25.1. The second kappa shape index (κ2) is 16.4. The van der Waals surface area contributed by atoms with Crippen LogP contribution in [0.2, 0.25) is 23.2 Å². The summed E-state index contributed by atoms with van der Waals surface area (Å²) in [6.45, 7) is 25.3. The molecular weight excluding hydrogens is 565 g/mol. The normalized spacial score (nSPS) is 14.2. The van der Waals surface area contributed by atoms with Crippen molar-refractivity contribution in [1.82, 2.24) is 0 Å². The van der Waals surface area contributed by atoms with Gasteiger partial charge in [-0.05, 0) is 52.8 Å². The maximum atomic E-state index is 7.47. The summed E-state index contributed by atoms with van der Waals surface area (Å²) in [6, 6.07) is 21.6. The number of hydrogen-bond acceptors (Lipinski definition) is 4. The fourth-order valence-corrected chi connectivity index (χ4v) is 10.9. The molecule has 0 heterocycles. The van der Waals surface area contributed by atoms with Crippen LogP contribution in [0.25, 0.3) is 0 Å². The molecule has 0 aliphatic rings. The number of hydrogen-bond donors (Lipinski definition) is 0. The Bertz CT molecular complexity index is 1130. The van der Waals surface area contributed by atoms with E-state index in [1.807, 2.05) is 0 Å². The molecule has 2 rings (SSSR count). The molecule has 0 spiro atoms. The smallest absolute Gasteiger partial charge is 0.262 e. The lowest BCUT2D eigenvalue weighted by molar-refractivity contribution is -0.112. The second-order valence-corrected chi connectivity index (χ2v) is 23.3. The van der Waals surface area contributed by atoms with Gasteiger partial charge in [0.05, 0.1) is 0 Å². The van der Waals surface area contributed by atoms with Gasteiger partial charge in [-0.1, -0.05) is 120 Å². The lowest BCUT2D eigenvalue weighted by atomic mass is 9.92. The highest BCUT2D eigenvalue weighted by Crippen LogP contribution is 2.39. The Labute approximate surface area is 265 Å². The fraction of sp³-hybridized carbons (Fsp3) is 0.568. The summed E-state index contributed by atoms with van der Waals surface area (Å²) in [4.78, 5) is 0. The lowest BCUT2D eigenvalue weighted by Gasteiger charge is -2.44. The van der Waals surface area contributed by atoms with Crippen molar-refractivity contribution >= 4 is 27.0 Å². The van der Waals surface area contributed by atoms with Crippen LogP contribution in [0.3, 0.4) is 0 Å². The Hall–Kier alpha value is -1.99. The number of benzene rings is 2. The third kappa shape index (κ3) is 10.3. The number of methoxy groups -OCH3 is 2. The molecule has 0 N–H and O–H groups in total. The summed E-state index contributed by atoms with van der Waals surface area (Å²) in [5.41, 5.74) is 1.13. The third-order valence-corrected chi connectivity index (χ3v) is 18.5. The van der Waals surface area contributed by atoms with E-state index in [1.165, 1.54) is 10.4 Å². The Morgan fingerprint density at radius 1 is 0.814 bits per heavy atom. The van der Waals surface area contributed by atoms with Crippen molar-refractivity contribution in [3.05, 3.63) is 72.8 Å². The predicted molar refractivity (Wildman–Crippen MR) is 188 cm³/mol. The van der Waals surface area contributed by atoms with Crippen molar-refractivity contribution in [2.45, 2.75) is 110 Å². The average molecular weight is 623 g/mol. The summed E-state index contributed by atoms with van der Waals surface area (Å²) in [7, 11) is -1.31. The first-order chi connectivity index (χ1) is 20.1. The summed E-state index contributed by atoms with van der Waals surface area (Å²) in [6.07, 6.45) is 2.65. The van der Waals surface area contributed by atoms with Gasteiger partial charge < -0.3 is 18.3 Å². The molecule has 0 saturated carbocycles. The Morgan fingerprint density at radius 2 is 1.33 bits per heavy atom. The van der Waals surface area contributed by atoms with Crippen molar-refractivity contribution in [1.29, 1.82) is 0 Å². The largest absolute Gasteiger partial charge is 0.417 e. The highest BCUT2D eigenvalue weighted by Gasteiger charge is 2.51. The molecule has 4 nitrogen and oxygen atoms in total. The Balaban J connectivity index is 2.48. The first-order valence-electron chi connectivity index (χ1n) is 15.7. The van der Waals surface area contributed by atoms with Crippen LogP contribution >= 0.6 is 0 Å². The Morgan fingerprint density at radius 3 is 1.74 bits per heavy atom. The topological polar surface area (TPSA) is 36.9 Å². The molecule has 43 heavy (non-hydrogen) atoms. The molecule has 2 aromatic carbocycles. The van der Waals surface area contributed by atoms with E-state index >= 15 is 0 Å². The molecule has 6 heteroatoms. The molecule has 0 bridgehead atoms. The predicted octanol–water partition coefficient (Wildman–Crippen LogP) is 8.33. The maximum Gasteiger partial charge on any atom is 0.262 e. The summed E-state index contributed by atoms with van der Waals surface area (Å²) >= 11 is 0. The van der Waals surface area contributed by atoms with Gasteiger partial charge in [0.2, 0.25) is 0 Å². The van der Waals surface area contributed by atoms with Gasteiger partial charge in [-0.2, -0.15) is 0 Å². The highest BCUT2D eigenvalue weighted by atomic mass is 28.4. The molecule has 0 aliphatic heterocycles. The minimum atomic E-state index is -2.77. The highest BCUT2D eigenvalue weighted by molar-refractivity contribution is 6.99.